The number of fused-ring (bicyclic) bond motifs is 3. The van der Waals surface area contributed by atoms with E-state index in [1.54, 1.807) is 31.3 Å². The molecule has 4 rings (SSSR count). The van der Waals surface area contributed by atoms with Crippen LogP contribution in [0.3, 0.4) is 0 Å². The number of nitrogens with zero attached hydrogens (tertiary/aromatic N) is 1. The monoisotopic (exact) mass is 448 g/mol. The van der Waals surface area contributed by atoms with E-state index in [4.69, 9.17) is 4.74 Å². The fourth-order valence-electron chi connectivity index (χ4n) is 3.49. The van der Waals surface area contributed by atoms with Gasteiger partial charge < -0.3 is 14.6 Å². The molecule has 1 aliphatic heterocycles. The van der Waals surface area contributed by atoms with Crippen molar-refractivity contribution in [1.29, 1.82) is 0 Å². The van der Waals surface area contributed by atoms with E-state index in [-0.39, 0.29) is 29.9 Å². The summed E-state index contributed by atoms with van der Waals surface area (Å²) in [5.41, 5.74) is 0.963. The van der Waals surface area contributed by atoms with Crippen LogP contribution in [0.4, 0.5) is 8.78 Å². The number of benzene rings is 2. The van der Waals surface area contributed by atoms with Crippen LogP contribution in [0.2, 0.25) is 0 Å². The van der Waals surface area contributed by atoms with Crippen molar-refractivity contribution < 1.29 is 18.3 Å². The van der Waals surface area contributed by atoms with Crippen molar-refractivity contribution in [2.75, 3.05) is 13.7 Å². The van der Waals surface area contributed by atoms with Crippen molar-refractivity contribution in [2.24, 2.45) is 0 Å². The average Bonchev–Trinajstić information content (AvgIpc) is 2.68. The molecule has 0 saturated heterocycles. The number of H-pyrrole nitrogens is 1. The number of hydrogen-bond acceptors (Lipinski definition) is 3. The third-order valence-electron chi connectivity index (χ3n) is 4.92. The van der Waals surface area contributed by atoms with Gasteiger partial charge in [-0.15, -0.1) is 0 Å². The molecule has 0 bridgehead atoms. The predicted molar refractivity (Wildman–Crippen MR) is 103 cm³/mol. The zero-order chi connectivity index (χ0) is 20.0. The Kier molecular flexibility index (Phi) is 4.76. The van der Waals surface area contributed by atoms with Crippen LogP contribution in [0.15, 0.2) is 45.7 Å². The van der Waals surface area contributed by atoms with Crippen molar-refractivity contribution in [3.8, 4) is 0 Å². The number of carbonyl (C=O) groups is 1. The van der Waals surface area contributed by atoms with Crippen molar-refractivity contribution in [3.63, 3.8) is 0 Å². The molecule has 1 atom stereocenters. The molecule has 0 fully saturated rings. The smallest absolute Gasteiger partial charge is 0.256 e. The topological polar surface area (TPSA) is 62.4 Å². The number of likely N-dealkylation sites (N-methyl/N-ethyl adjacent to an activating group) is 1. The highest BCUT2D eigenvalue weighted by molar-refractivity contribution is 9.10. The predicted octanol–water partition coefficient (Wildman–Crippen LogP) is 3.91. The van der Waals surface area contributed by atoms with Crippen molar-refractivity contribution in [3.05, 3.63) is 79.7 Å². The molecule has 1 N–H and O–H groups in total. The third-order valence-corrected chi connectivity index (χ3v) is 5.45. The second-order valence-electron chi connectivity index (χ2n) is 6.61. The van der Waals surface area contributed by atoms with Crippen LogP contribution in [0.25, 0.3) is 10.8 Å². The fourth-order valence-corrected chi connectivity index (χ4v) is 3.75. The lowest BCUT2D eigenvalue weighted by Gasteiger charge is -2.34. The number of aromatic nitrogens is 1. The Bertz CT molecular complexity index is 1140. The van der Waals surface area contributed by atoms with Crippen LogP contribution >= 0.6 is 15.9 Å². The SMILES string of the molecule is CN(C(=O)c1ccc(Br)cc1)[C@H]1COCc2[nH]c(=O)c3cc(F)c(F)cc3c21. The minimum atomic E-state index is -1.10. The first-order chi connectivity index (χ1) is 13.4. The van der Waals surface area contributed by atoms with Gasteiger partial charge in [-0.3, -0.25) is 9.59 Å². The highest BCUT2D eigenvalue weighted by Gasteiger charge is 2.31. The van der Waals surface area contributed by atoms with E-state index in [0.29, 0.717) is 16.8 Å². The van der Waals surface area contributed by atoms with Gasteiger partial charge in [-0.2, -0.15) is 0 Å². The number of halogens is 3. The van der Waals surface area contributed by atoms with Crippen molar-refractivity contribution >= 4 is 32.6 Å². The van der Waals surface area contributed by atoms with Crippen LogP contribution in [-0.2, 0) is 11.3 Å². The normalized spacial score (nSPS) is 16.1. The van der Waals surface area contributed by atoms with Crippen LogP contribution in [-0.4, -0.2) is 29.4 Å². The Morgan fingerprint density at radius 1 is 1.18 bits per heavy atom. The molecule has 8 heteroatoms. The minimum absolute atomic E-state index is 0.0361. The van der Waals surface area contributed by atoms with Gasteiger partial charge in [-0.25, -0.2) is 8.78 Å². The van der Waals surface area contributed by atoms with E-state index in [1.807, 2.05) is 0 Å². The van der Waals surface area contributed by atoms with E-state index >= 15 is 0 Å². The van der Waals surface area contributed by atoms with Gasteiger partial charge in [-0.1, -0.05) is 15.9 Å². The molecule has 1 aromatic heterocycles. The van der Waals surface area contributed by atoms with Gasteiger partial charge in [0, 0.05) is 28.3 Å². The van der Waals surface area contributed by atoms with E-state index in [9.17, 15) is 18.4 Å². The molecule has 0 spiro atoms. The largest absolute Gasteiger partial charge is 0.373 e. The fraction of sp³-hybridized carbons (Fsp3) is 0.200. The lowest BCUT2D eigenvalue weighted by Crippen LogP contribution is -2.37. The maximum atomic E-state index is 13.9. The molecule has 1 amide bonds. The number of amides is 1. The summed E-state index contributed by atoms with van der Waals surface area (Å²) >= 11 is 3.33. The summed E-state index contributed by atoms with van der Waals surface area (Å²) in [6, 6.07) is 8.22. The molecule has 2 aromatic carbocycles. The average molecular weight is 449 g/mol. The number of rotatable bonds is 2. The summed E-state index contributed by atoms with van der Waals surface area (Å²) in [5.74, 6) is -2.40. The van der Waals surface area contributed by atoms with Gasteiger partial charge in [-0.05, 0) is 41.8 Å². The van der Waals surface area contributed by atoms with Gasteiger partial charge >= 0.3 is 0 Å². The molecule has 5 nitrogen and oxygen atoms in total. The molecule has 2 heterocycles. The molecular weight excluding hydrogens is 434 g/mol. The molecule has 0 unspecified atom stereocenters. The van der Waals surface area contributed by atoms with Gasteiger partial charge in [0.1, 0.15) is 0 Å². The Morgan fingerprint density at radius 3 is 2.50 bits per heavy atom. The van der Waals surface area contributed by atoms with E-state index in [1.165, 1.54) is 4.90 Å². The maximum Gasteiger partial charge on any atom is 0.256 e. The lowest BCUT2D eigenvalue weighted by atomic mass is 9.95. The Morgan fingerprint density at radius 2 is 1.82 bits per heavy atom. The summed E-state index contributed by atoms with van der Waals surface area (Å²) < 4.78 is 34.0. The Balaban J connectivity index is 1.84. The number of hydrogen-bond donors (Lipinski definition) is 1. The van der Waals surface area contributed by atoms with E-state index in [0.717, 1.165) is 16.6 Å². The standard InChI is InChI=1S/C20H15BrF2N2O3/c1-25(20(27)10-2-4-11(21)5-3-10)17-9-28-8-16-18(17)12-6-14(22)15(23)7-13(12)19(26)24-16/h2-7,17H,8-9H2,1H3,(H,24,26)/t17-/m0/s1. The highest BCUT2D eigenvalue weighted by atomic mass is 79.9. The van der Waals surface area contributed by atoms with Crippen LogP contribution in [0.1, 0.15) is 27.7 Å². The molecular formula is C20H15BrF2N2O3. The van der Waals surface area contributed by atoms with Gasteiger partial charge in [0.25, 0.3) is 11.5 Å². The Labute approximate surface area is 167 Å². The number of carbonyl (C=O) groups excluding carboxylic acids is 1. The van der Waals surface area contributed by atoms with Crippen molar-refractivity contribution in [1.82, 2.24) is 9.88 Å². The molecule has 28 heavy (non-hydrogen) atoms. The second kappa shape index (κ2) is 7.10. The maximum absolute atomic E-state index is 13.9. The molecule has 0 aliphatic carbocycles. The second-order valence-corrected chi connectivity index (χ2v) is 7.53. The first-order valence-corrected chi connectivity index (χ1v) is 9.30. The number of ether oxygens (including phenoxy) is 1. The van der Waals surface area contributed by atoms with Gasteiger partial charge in [0.05, 0.1) is 24.6 Å². The summed E-state index contributed by atoms with van der Waals surface area (Å²) in [4.78, 5) is 29.4. The van der Waals surface area contributed by atoms with E-state index < -0.39 is 23.2 Å². The number of pyridine rings is 1. The quantitative estimate of drug-likeness (QED) is 0.646. The summed E-state index contributed by atoms with van der Waals surface area (Å²) in [6.45, 7) is 0.294. The lowest BCUT2D eigenvalue weighted by molar-refractivity contribution is 0.0335. The molecule has 1 aliphatic rings. The molecule has 144 valence electrons. The summed E-state index contributed by atoms with van der Waals surface area (Å²) in [5, 5.41) is 0.315. The highest BCUT2D eigenvalue weighted by Crippen LogP contribution is 2.34. The van der Waals surface area contributed by atoms with Gasteiger partial charge in [0.15, 0.2) is 11.6 Å². The van der Waals surface area contributed by atoms with Crippen LogP contribution < -0.4 is 5.56 Å². The van der Waals surface area contributed by atoms with Crippen molar-refractivity contribution in [2.45, 2.75) is 12.6 Å². The molecule has 3 aromatic rings. The summed E-state index contributed by atoms with van der Waals surface area (Å²) in [7, 11) is 1.62. The molecule has 0 saturated carbocycles. The number of nitrogens with one attached hydrogen (secondary N) is 1. The van der Waals surface area contributed by atoms with Crippen LogP contribution in [0.5, 0.6) is 0 Å². The van der Waals surface area contributed by atoms with E-state index in [2.05, 4.69) is 20.9 Å². The zero-order valence-corrected chi connectivity index (χ0v) is 16.3. The number of aromatic amines is 1. The van der Waals surface area contributed by atoms with Gasteiger partial charge in [0.2, 0.25) is 0 Å². The third kappa shape index (κ3) is 3.12. The first-order valence-electron chi connectivity index (χ1n) is 8.51. The molecule has 0 radical (unpaired) electrons. The zero-order valence-electron chi connectivity index (χ0n) is 14.8. The summed E-state index contributed by atoms with van der Waals surface area (Å²) in [6.07, 6.45) is 0. The Hall–Kier alpha value is -2.58. The first kappa shape index (κ1) is 18.8. The minimum Gasteiger partial charge on any atom is -0.373 e. The van der Waals surface area contributed by atoms with Crippen LogP contribution in [0, 0.1) is 11.6 Å².